The Morgan fingerprint density at radius 1 is 0.906 bits per heavy atom. The summed E-state index contributed by atoms with van der Waals surface area (Å²) in [6.45, 7) is 2.56. The Balaban J connectivity index is 1.43. The fourth-order valence-corrected chi connectivity index (χ4v) is 3.43. The summed E-state index contributed by atoms with van der Waals surface area (Å²) in [6.07, 6.45) is 0.618. The van der Waals surface area contributed by atoms with E-state index in [9.17, 15) is 4.79 Å². The van der Waals surface area contributed by atoms with Gasteiger partial charge in [0.2, 0.25) is 17.7 Å². The number of ether oxygens (including phenoxy) is 1. The molecule has 4 aromatic rings. The molecule has 0 aliphatic rings. The SMILES string of the molecule is CCOc1ccc(C(NC(=O)CCc2nnc(-c3ccccc3)o2)c2ccccc2)cc1. The highest BCUT2D eigenvalue weighted by Gasteiger charge is 2.18. The van der Waals surface area contributed by atoms with Gasteiger partial charge in [0.25, 0.3) is 0 Å². The van der Waals surface area contributed by atoms with Gasteiger partial charge in [0.05, 0.1) is 12.6 Å². The maximum Gasteiger partial charge on any atom is 0.247 e. The molecule has 0 bridgehead atoms. The molecule has 1 unspecified atom stereocenters. The molecule has 1 amide bonds. The van der Waals surface area contributed by atoms with Crippen LogP contribution in [0.2, 0.25) is 0 Å². The van der Waals surface area contributed by atoms with E-state index < -0.39 is 0 Å². The molecule has 6 nitrogen and oxygen atoms in total. The fourth-order valence-electron chi connectivity index (χ4n) is 3.43. The Bertz CT molecular complexity index is 1130. The van der Waals surface area contributed by atoms with Crippen molar-refractivity contribution < 1.29 is 13.9 Å². The van der Waals surface area contributed by atoms with Gasteiger partial charge < -0.3 is 14.5 Å². The maximum atomic E-state index is 12.8. The largest absolute Gasteiger partial charge is 0.494 e. The highest BCUT2D eigenvalue weighted by molar-refractivity contribution is 5.77. The Hall–Kier alpha value is -3.93. The molecular formula is C26H25N3O3. The lowest BCUT2D eigenvalue weighted by Gasteiger charge is -2.20. The number of nitrogens with one attached hydrogen (secondary N) is 1. The predicted molar refractivity (Wildman–Crippen MR) is 122 cm³/mol. The quantitative estimate of drug-likeness (QED) is 0.408. The summed E-state index contributed by atoms with van der Waals surface area (Å²) in [5.41, 5.74) is 2.85. The third-order valence-corrected chi connectivity index (χ3v) is 5.02. The highest BCUT2D eigenvalue weighted by Crippen LogP contribution is 2.25. The Morgan fingerprint density at radius 3 is 2.25 bits per heavy atom. The normalized spacial score (nSPS) is 11.7. The standard InChI is InChI=1S/C26H25N3O3/c1-2-31-22-15-13-20(14-16-22)25(19-9-5-3-6-10-19)27-23(30)17-18-24-28-29-26(32-24)21-11-7-4-8-12-21/h3-16,25H,2,17-18H2,1H3,(H,27,30). The van der Waals surface area contributed by atoms with Gasteiger partial charge in [-0.1, -0.05) is 60.7 Å². The number of benzene rings is 3. The smallest absolute Gasteiger partial charge is 0.247 e. The minimum atomic E-state index is -0.262. The van der Waals surface area contributed by atoms with Crippen molar-refractivity contribution in [2.45, 2.75) is 25.8 Å². The summed E-state index contributed by atoms with van der Waals surface area (Å²) in [5.74, 6) is 1.61. The predicted octanol–water partition coefficient (Wildman–Crippen LogP) is 4.97. The zero-order valence-electron chi connectivity index (χ0n) is 17.9. The first-order valence-corrected chi connectivity index (χ1v) is 10.7. The van der Waals surface area contributed by atoms with E-state index >= 15 is 0 Å². The second-order valence-corrected chi connectivity index (χ2v) is 7.28. The average Bonchev–Trinajstić information content (AvgIpc) is 3.32. The molecule has 0 aliphatic carbocycles. The summed E-state index contributed by atoms with van der Waals surface area (Å²) in [4.78, 5) is 12.8. The van der Waals surface area contributed by atoms with Crippen LogP contribution >= 0.6 is 0 Å². The summed E-state index contributed by atoms with van der Waals surface area (Å²) >= 11 is 0. The molecule has 1 N–H and O–H groups in total. The van der Waals surface area contributed by atoms with Crippen LogP contribution in [0.4, 0.5) is 0 Å². The molecule has 0 fully saturated rings. The van der Waals surface area contributed by atoms with Crippen molar-refractivity contribution in [1.29, 1.82) is 0 Å². The molecule has 1 heterocycles. The van der Waals surface area contributed by atoms with Crippen LogP contribution in [0, 0.1) is 0 Å². The van der Waals surface area contributed by atoms with E-state index in [1.165, 1.54) is 0 Å². The molecule has 0 saturated carbocycles. The molecule has 0 saturated heterocycles. The van der Waals surface area contributed by atoms with Gasteiger partial charge >= 0.3 is 0 Å². The number of carbonyl (C=O) groups excluding carboxylic acids is 1. The molecule has 4 rings (SSSR count). The summed E-state index contributed by atoms with van der Waals surface area (Å²) < 4.78 is 11.3. The number of nitrogens with zero attached hydrogens (tertiary/aromatic N) is 2. The van der Waals surface area contributed by atoms with Crippen molar-refractivity contribution in [1.82, 2.24) is 15.5 Å². The van der Waals surface area contributed by atoms with Crippen LogP contribution in [0.1, 0.15) is 36.4 Å². The second-order valence-electron chi connectivity index (χ2n) is 7.28. The van der Waals surface area contributed by atoms with Gasteiger partial charge in [-0.05, 0) is 42.3 Å². The van der Waals surface area contributed by atoms with Crippen LogP contribution in [0.15, 0.2) is 89.3 Å². The van der Waals surface area contributed by atoms with E-state index in [1.54, 1.807) is 0 Å². The van der Waals surface area contributed by atoms with Crippen molar-refractivity contribution in [2.24, 2.45) is 0 Å². The molecule has 0 radical (unpaired) electrons. The van der Waals surface area contributed by atoms with Crippen LogP contribution in [0.5, 0.6) is 5.75 Å². The molecular weight excluding hydrogens is 402 g/mol. The zero-order valence-corrected chi connectivity index (χ0v) is 17.9. The molecule has 32 heavy (non-hydrogen) atoms. The zero-order chi connectivity index (χ0) is 22.2. The summed E-state index contributed by atoms with van der Waals surface area (Å²) in [5, 5.41) is 11.3. The highest BCUT2D eigenvalue weighted by atomic mass is 16.5. The van der Waals surface area contributed by atoms with Crippen LogP contribution in [-0.2, 0) is 11.2 Å². The van der Waals surface area contributed by atoms with Gasteiger partial charge in [-0.25, -0.2) is 0 Å². The number of aromatic nitrogens is 2. The van der Waals surface area contributed by atoms with Gasteiger partial charge in [0.15, 0.2) is 0 Å². The topological polar surface area (TPSA) is 77.2 Å². The number of aryl methyl sites for hydroxylation is 1. The maximum absolute atomic E-state index is 12.8. The first kappa shape index (κ1) is 21.3. The number of rotatable bonds is 9. The Kier molecular flexibility index (Phi) is 6.92. The van der Waals surface area contributed by atoms with E-state index in [1.807, 2.05) is 91.9 Å². The molecule has 3 aromatic carbocycles. The lowest BCUT2D eigenvalue weighted by Crippen LogP contribution is -2.29. The van der Waals surface area contributed by atoms with Crippen molar-refractivity contribution in [3.63, 3.8) is 0 Å². The fraction of sp³-hybridized carbons (Fsp3) is 0.192. The van der Waals surface area contributed by atoms with Gasteiger partial charge in [-0.2, -0.15) is 0 Å². The van der Waals surface area contributed by atoms with E-state index in [0.717, 1.165) is 22.4 Å². The molecule has 0 spiro atoms. The first-order chi connectivity index (χ1) is 15.7. The van der Waals surface area contributed by atoms with E-state index in [4.69, 9.17) is 9.15 Å². The number of amides is 1. The van der Waals surface area contributed by atoms with Crippen LogP contribution < -0.4 is 10.1 Å². The van der Waals surface area contributed by atoms with Crippen LogP contribution in [0.3, 0.4) is 0 Å². The summed E-state index contributed by atoms with van der Waals surface area (Å²) in [6, 6.07) is 27.0. The molecule has 1 aromatic heterocycles. The molecule has 1 atom stereocenters. The molecule has 6 heteroatoms. The van der Waals surface area contributed by atoms with Crippen LogP contribution in [0.25, 0.3) is 11.5 Å². The van der Waals surface area contributed by atoms with Crippen LogP contribution in [-0.4, -0.2) is 22.7 Å². The van der Waals surface area contributed by atoms with Crippen molar-refractivity contribution in [2.75, 3.05) is 6.61 Å². The average molecular weight is 428 g/mol. The number of carbonyl (C=O) groups is 1. The van der Waals surface area contributed by atoms with Gasteiger partial charge in [-0.3, -0.25) is 4.79 Å². The Labute approximate surface area is 187 Å². The third kappa shape index (κ3) is 5.40. The number of hydrogen-bond donors (Lipinski definition) is 1. The minimum Gasteiger partial charge on any atom is -0.494 e. The van der Waals surface area contributed by atoms with Crippen molar-refractivity contribution in [3.8, 4) is 17.2 Å². The number of hydrogen-bond acceptors (Lipinski definition) is 5. The van der Waals surface area contributed by atoms with Crippen molar-refractivity contribution >= 4 is 5.91 Å². The minimum absolute atomic E-state index is 0.0906. The van der Waals surface area contributed by atoms with Crippen molar-refractivity contribution in [3.05, 3.63) is 102 Å². The monoisotopic (exact) mass is 427 g/mol. The first-order valence-electron chi connectivity index (χ1n) is 10.7. The van der Waals surface area contributed by atoms with Gasteiger partial charge in [0.1, 0.15) is 5.75 Å². The van der Waals surface area contributed by atoms with E-state index in [2.05, 4.69) is 15.5 Å². The van der Waals surface area contributed by atoms with E-state index in [0.29, 0.717) is 24.8 Å². The lowest BCUT2D eigenvalue weighted by atomic mass is 9.98. The summed E-state index contributed by atoms with van der Waals surface area (Å²) in [7, 11) is 0. The van der Waals surface area contributed by atoms with Gasteiger partial charge in [-0.15, -0.1) is 10.2 Å². The molecule has 0 aliphatic heterocycles. The lowest BCUT2D eigenvalue weighted by molar-refractivity contribution is -0.121. The van der Waals surface area contributed by atoms with Gasteiger partial charge in [0, 0.05) is 18.4 Å². The third-order valence-electron chi connectivity index (χ3n) is 5.02. The Morgan fingerprint density at radius 2 is 1.56 bits per heavy atom. The molecule has 162 valence electrons. The second kappa shape index (κ2) is 10.4. The van der Waals surface area contributed by atoms with E-state index in [-0.39, 0.29) is 18.4 Å².